The first-order valence-electron chi connectivity index (χ1n) is 10.0. The van der Waals surface area contributed by atoms with Crippen LogP contribution in [-0.2, 0) is 9.59 Å². The summed E-state index contributed by atoms with van der Waals surface area (Å²) in [5, 5.41) is 17.8. The standard InChI is InChI=1S/C20H38O4/c1-2-3-4-5-6-7-8-9-10-11-12-13-15-18(20(23)24)16-14-17-19(21)22/h18H,2-17H2,1H3,(H,21,22)(H,23,24). The van der Waals surface area contributed by atoms with Crippen molar-refractivity contribution in [3.8, 4) is 0 Å². The van der Waals surface area contributed by atoms with E-state index in [0.717, 1.165) is 12.8 Å². The van der Waals surface area contributed by atoms with E-state index in [9.17, 15) is 9.59 Å². The minimum absolute atomic E-state index is 0.0717. The Morgan fingerprint density at radius 1 is 0.667 bits per heavy atom. The Balaban J connectivity index is 3.42. The van der Waals surface area contributed by atoms with Crippen LogP contribution in [0.2, 0.25) is 0 Å². The van der Waals surface area contributed by atoms with E-state index in [1.54, 1.807) is 0 Å². The minimum atomic E-state index is -0.843. The second kappa shape index (κ2) is 16.8. The van der Waals surface area contributed by atoms with Crippen molar-refractivity contribution < 1.29 is 19.8 Å². The Bertz CT molecular complexity index is 315. The van der Waals surface area contributed by atoms with Crippen LogP contribution in [0.25, 0.3) is 0 Å². The maximum absolute atomic E-state index is 11.2. The van der Waals surface area contributed by atoms with Gasteiger partial charge in [-0.25, -0.2) is 0 Å². The van der Waals surface area contributed by atoms with E-state index in [0.29, 0.717) is 19.3 Å². The number of carboxylic acid groups (broad SMARTS) is 2. The van der Waals surface area contributed by atoms with Gasteiger partial charge in [-0.2, -0.15) is 0 Å². The van der Waals surface area contributed by atoms with Crippen molar-refractivity contribution >= 4 is 11.9 Å². The number of unbranched alkanes of at least 4 members (excludes halogenated alkanes) is 11. The van der Waals surface area contributed by atoms with Crippen molar-refractivity contribution in [3.63, 3.8) is 0 Å². The monoisotopic (exact) mass is 342 g/mol. The molecule has 0 radical (unpaired) electrons. The van der Waals surface area contributed by atoms with E-state index >= 15 is 0 Å². The van der Waals surface area contributed by atoms with Crippen LogP contribution >= 0.6 is 0 Å². The van der Waals surface area contributed by atoms with Gasteiger partial charge in [0.2, 0.25) is 0 Å². The number of aliphatic carboxylic acids is 2. The highest BCUT2D eigenvalue weighted by molar-refractivity contribution is 5.70. The fourth-order valence-electron chi connectivity index (χ4n) is 3.12. The van der Waals surface area contributed by atoms with Crippen LogP contribution in [0.1, 0.15) is 110 Å². The highest BCUT2D eigenvalue weighted by Crippen LogP contribution is 2.18. The first-order chi connectivity index (χ1) is 11.6. The van der Waals surface area contributed by atoms with Gasteiger partial charge >= 0.3 is 11.9 Å². The zero-order chi connectivity index (χ0) is 18.0. The summed E-state index contributed by atoms with van der Waals surface area (Å²) in [5.74, 6) is -1.99. The van der Waals surface area contributed by atoms with Crippen LogP contribution in [0.5, 0.6) is 0 Å². The zero-order valence-corrected chi connectivity index (χ0v) is 15.6. The van der Waals surface area contributed by atoms with Crippen LogP contribution < -0.4 is 0 Å². The summed E-state index contributed by atoms with van der Waals surface area (Å²) >= 11 is 0. The molecule has 142 valence electrons. The van der Waals surface area contributed by atoms with Crippen LogP contribution in [0.4, 0.5) is 0 Å². The van der Waals surface area contributed by atoms with Crippen LogP contribution in [0.3, 0.4) is 0 Å². The van der Waals surface area contributed by atoms with E-state index < -0.39 is 11.9 Å². The Hall–Kier alpha value is -1.06. The van der Waals surface area contributed by atoms with Crippen LogP contribution in [-0.4, -0.2) is 22.2 Å². The van der Waals surface area contributed by atoms with E-state index in [1.807, 2.05) is 0 Å². The molecule has 0 amide bonds. The SMILES string of the molecule is CCCCCCCCCCCCCCC(CCCC(=O)O)C(=O)O. The number of hydrogen-bond donors (Lipinski definition) is 2. The Kier molecular flexibility index (Phi) is 16.0. The average molecular weight is 343 g/mol. The third-order valence-electron chi connectivity index (χ3n) is 4.70. The van der Waals surface area contributed by atoms with Gasteiger partial charge in [0.25, 0.3) is 0 Å². The zero-order valence-electron chi connectivity index (χ0n) is 15.6. The lowest BCUT2D eigenvalue weighted by Gasteiger charge is -2.11. The molecular weight excluding hydrogens is 304 g/mol. The molecule has 0 saturated carbocycles. The van der Waals surface area contributed by atoms with Crippen LogP contribution in [0, 0.1) is 5.92 Å². The third-order valence-corrected chi connectivity index (χ3v) is 4.70. The summed E-state index contributed by atoms with van der Waals surface area (Å²) in [4.78, 5) is 21.6. The topological polar surface area (TPSA) is 74.6 Å². The summed E-state index contributed by atoms with van der Waals surface area (Å²) < 4.78 is 0. The molecule has 0 heterocycles. The van der Waals surface area contributed by atoms with Crippen molar-refractivity contribution in [1.29, 1.82) is 0 Å². The minimum Gasteiger partial charge on any atom is -0.481 e. The number of carbonyl (C=O) groups is 2. The van der Waals surface area contributed by atoms with Gasteiger partial charge in [0.1, 0.15) is 0 Å². The average Bonchev–Trinajstić information content (AvgIpc) is 2.53. The molecule has 4 heteroatoms. The summed E-state index contributed by atoms with van der Waals surface area (Å²) in [6, 6.07) is 0. The molecule has 0 aromatic rings. The molecular formula is C20H38O4. The fraction of sp³-hybridized carbons (Fsp3) is 0.900. The highest BCUT2D eigenvalue weighted by Gasteiger charge is 2.16. The fourth-order valence-corrected chi connectivity index (χ4v) is 3.12. The Morgan fingerprint density at radius 3 is 1.50 bits per heavy atom. The van der Waals surface area contributed by atoms with Crippen LogP contribution in [0.15, 0.2) is 0 Å². The molecule has 0 aromatic carbocycles. The molecule has 2 N–H and O–H groups in total. The molecule has 0 aliphatic heterocycles. The lowest BCUT2D eigenvalue weighted by Crippen LogP contribution is -2.14. The Morgan fingerprint density at radius 2 is 1.08 bits per heavy atom. The molecule has 0 aliphatic rings. The van der Waals surface area contributed by atoms with E-state index in [1.165, 1.54) is 64.2 Å². The summed E-state index contributed by atoms with van der Waals surface area (Å²) in [7, 11) is 0. The second-order valence-electron chi connectivity index (χ2n) is 7.00. The number of hydrogen-bond acceptors (Lipinski definition) is 2. The van der Waals surface area contributed by atoms with Gasteiger partial charge in [0.05, 0.1) is 5.92 Å². The maximum Gasteiger partial charge on any atom is 0.306 e. The van der Waals surface area contributed by atoms with Gasteiger partial charge in [-0.3, -0.25) is 9.59 Å². The van der Waals surface area contributed by atoms with Crippen molar-refractivity contribution in [1.82, 2.24) is 0 Å². The molecule has 0 saturated heterocycles. The third kappa shape index (κ3) is 15.8. The largest absolute Gasteiger partial charge is 0.481 e. The molecule has 0 aliphatic carbocycles. The molecule has 0 fully saturated rings. The van der Waals surface area contributed by atoms with Gasteiger partial charge in [-0.1, -0.05) is 84.0 Å². The molecule has 24 heavy (non-hydrogen) atoms. The lowest BCUT2D eigenvalue weighted by molar-refractivity contribution is -0.143. The number of rotatable bonds is 18. The van der Waals surface area contributed by atoms with E-state index in [2.05, 4.69) is 6.92 Å². The predicted molar refractivity (Wildman–Crippen MR) is 98.3 cm³/mol. The summed E-state index contributed by atoms with van der Waals surface area (Å²) in [6.45, 7) is 2.24. The first kappa shape index (κ1) is 22.9. The second-order valence-corrected chi connectivity index (χ2v) is 7.00. The van der Waals surface area contributed by atoms with Gasteiger partial charge < -0.3 is 10.2 Å². The van der Waals surface area contributed by atoms with Crippen molar-refractivity contribution in [2.45, 2.75) is 110 Å². The normalized spacial score (nSPS) is 12.2. The Labute approximate surface area is 148 Å². The molecule has 0 aromatic heterocycles. The molecule has 0 rings (SSSR count). The lowest BCUT2D eigenvalue weighted by atomic mass is 9.95. The van der Waals surface area contributed by atoms with E-state index in [4.69, 9.17) is 10.2 Å². The molecule has 4 nitrogen and oxygen atoms in total. The summed E-state index contributed by atoms with van der Waals surface area (Å²) in [5.41, 5.74) is 0. The van der Waals surface area contributed by atoms with Gasteiger partial charge in [0, 0.05) is 6.42 Å². The summed E-state index contributed by atoms with van der Waals surface area (Å²) in [6.07, 6.45) is 17.0. The molecule has 0 spiro atoms. The molecule has 0 bridgehead atoms. The first-order valence-corrected chi connectivity index (χ1v) is 10.0. The quantitative estimate of drug-likeness (QED) is 0.298. The van der Waals surface area contributed by atoms with Gasteiger partial charge in [-0.15, -0.1) is 0 Å². The van der Waals surface area contributed by atoms with Crippen molar-refractivity contribution in [2.75, 3.05) is 0 Å². The van der Waals surface area contributed by atoms with Crippen molar-refractivity contribution in [2.24, 2.45) is 5.92 Å². The number of carboxylic acids is 2. The van der Waals surface area contributed by atoms with Crippen molar-refractivity contribution in [3.05, 3.63) is 0 Å². The van der Waals surface area contributed by atoms with Gasteiger partial charge in [0.15, 0.2) is 0 Å². The maximum atomic E-state index is 11.2. The predicted octanol–water partition coefficient (Wildman–Crippen LogP) is 6.03. The smallest absolute Gasteiger partial charge is 0.306 e. The highest BCUT2D eigenvalue weighted by atomic mass is 16.4. The molecule has 1 atom stereocenters. The molecule has 1 unspecified atom stereocenters. The van der Waals surface area contributed by atoms with E-state index in [-0.39, 0.29) is 12.3 Å². The van der Waals surface area contributed by atoms with Gasteiger partial charge in [-0.05, 0) is 19.3 Å².